The van der Waals surface area contributed by atoms with E-state index in [1.165, 1.54) is 4.91 Å². The van der Waals surface area contributed by atoms with Gasteiger partial charge in [-0.3, -0.25) is 5.32 Å². The molecule has 138 valence electrons. The number of aliphatic imine (C=N–C) groups is 1. The number of thioether (sulfide) groups is 1. The van der Waals surface area contributed by atoms with Crippen LogP contribution in [0.2, 0.25) is 0 Å². The monoisotopic (exact) mass is 369 g/mol. The molecule has 0 saturated carbocycles. The van der Waals surface area contributed by atoms with E-state index < -0.39 is 0 Å². The molecular weight excluding hydrogens is 342 g/mol. The number of urea groups is 1. The molecule has 0 aliphatic carbocycles. The Morgan fingerprint density at radius 3 is 2.88 bits per heavy atom. The Kier molecular flexibility index (Phi) is 10.6. The number of amides is 2. The van der Waals surface area contributed by atoms with Crippen molar-refractivity contribution in [2.24, 2.45) is 4.99 Å². The predicted octanol–water partition coefficient (Wildman–Crippen LogP) is 5.03. The average Bonchev–Trinajstić information content (AvgIpc) is 2.62. The number of hydrogen-bond acceptors (Lipinski definition) is 3. The quantitative estimate of drug-likeness (QED) is 0.489. The molecule has 1 atom stereocenters. The molecule has 2 amide bonds. The Bertz CT molecular complexity index is 705. The lowest BCUT2D eigenvalue weighted by molar-refractivity contribution is 0.244. The van der Waals surface area contributed by atoms with Crippen LogP contribution in [-0.4, -0.2) is 23.7 Å². The van der Waals surface area contributed by atoms with Gasteiger partial charge in [0.2, 0.25) is 0 Å². The second kappa shape index (κ2) is 12.8. The molecule has 0 aromatic rings. The van der Waals surface area contributed by atoms with E-state index in [1.807, 2.05) is 50.3 Å². The van der Waals surface area contributed by atoms with Crippen LogP contribution >= 0.6 is 11.8 Å². The molecule has 5 heteroatoms. The summed E-state index contributed by atoms with van der Waals surface area (Å²) >= 11 is 1.70. The van der Waals surface area contributed by atoms with Gasteiger partial charge < -0.3 is 5.32 Å². The van der Waals surface area contributed by atoms with Gasteiger partial charge in [0.1, 0.15) is 5.84 Å². The van der Waals surface area contributed by atoms with Gasteiger partial charge >= 0.3 is 6.03 Å². The summed E-state index contributed by atoms with van der Waals surface area (Å²) in [5, 5.41) is 5.67. The van der Waals surface area contributed by atoms with E-state index in [0.29, 0.717) is 11.6 Å². The lowest BCUT2D eigenvalue weighted by Crippen LogP contribution is -2.44. The van der Waals surface area contributed by atoms with E-state index in [-0.39, 0.29) is 12.1 Å². The standard InChI is InChI=1S/C21H27N3OS/c1-5-8-10-11-12-13-14-17(4)22-21(25)24-20-16-26-19(7-3)18(23-20)15-9-6-2/h5-6,8-12,14-15,17H,2,7,16H2,1,3-4H3,(H2,22,23,24,25)/b8-5+,11-10-,15-9-. The molecule has 26 heavy (non-hydrogen) atoms. The molecule has 1 heterocycles. The van der Waals surface area contributed by atoms with Crippen molar-refractivity contribution in [3.05, 3.63) is 77.6 Å². The first kappa shape index (κ1) is 21.6. The number of rotatable bonds is 7. The minimum Gasteiger partial charge on any atom is -0.331 e. The largest absolute Gasteiger partial charge is 0.331 e. The number of allylic oxidation sites excluding steroid dienone is 8. The molecule has 1 aliphatic rings. The molecule has 0 spiro atoms. The molecule has 2 N–H and O–H groups in total. The number of nitrogens with one attached hydrogen (secondary N) is 2. The van der Waals surface area contributed by atoms with Crippen LogP contribution < -0.4 is 10.6 Å². The fourth-order valence-corrected chi connectivity index (χ4v) is 2.92. The van der Waals surface area contributed by atoms with E-state index >= 15 is 0 Å². The van der Waals surface area contributed by atoms with Crippen molar-refractivity contribution in [1.29, 1.82) is 0 Å². The average molecular weight is 370 g/mol. The lowest BCUT2D eigenvalue weighted by Gasteiger charge is -2.18. The molecule has 1 aliphatic heterocycles. The third-order valence-corrected chi connectivity index (χ3v) is 4.47. The fourth-order valence-electron chi connectivity index (χ4n) is 2.01. The maximum atomic E-state index is 12.1. The van der Waals surface area contributed by atoms with E-state index in [0.717, 1.165) is 12.1 Å². The summed E-state index contributed by atoms with van der Waals surface area (Å²) < 4.78 is 0. The van der Waals surface area contributed by atoms with Crippen LogP contribution in [0.25, 0.3) is 0 Å². The van der Waals surface area contributed by atoms with Crippen LogP contribution in [0.1, 0.15) is 27.2 Å². The van der Waals surface area contributed by atoms with E-state index in [1.54, 1.807) is 30.0 Å². The Balaban J connectivity index is 2.63. The van der Waals surface area contributed by atoms with Gasteiger partial charge in [0.25, 0.3) is 0 Å². The molecule has 0 radical (unpaired) electrons. The Labute approximate surface area is 160 Å². The summed E-state index contributed by atoms with van der Waals surface area (Å²) in [6.45, 7) is 9.62. The molecule has 0 saturated heterocycles. The third-order valence-electron chi connectivity index (χ3n) is 3.21. The number of amidine groups is 1. The number of hydrogen-bond donors (Lipinski definition) is 2. The zero-order chi connectivity index (χ0) is 19.2. The summed E-state index contributed by atoms with van der Waals surface area (Å²) in [6, 6.07) is -0.411. The first-order valence-corrected chi connectivity index (χ1v) is 9.59. The number of nitrogens with zero attached hydrogens (tertiary/aromatic N) is 1. The van der Waals surface area contributed by atoms with Gasteiger partial charge in [-0.2, -0.15) is 0 Å². The second-order valence-electron chi connectivity index (χ2n) is 5.40. The zero-order valence-corrected chi connectivity index (χ0v) is 16.5. The van der Waals surface area contributed by atoms with Gasteiger partial charge in [0, 0.05) is 4.91 Å². The van der Waals surface area contributed by atoms with Crippen LogP contribution in [0, 0.1) is 0 Å². The Hall–Kier alpha value is -2.49. The van der Waals surface area contributed by atoms with Gasteiger partial charge in [-0.05, 0) is 38.5 Å². The van der Waals surface area contributed by atoms with Gasteiger partial charge in [0.15, 0.2) is 0 Å². The molecule has 4 nitrogen and oxygen atoms in total. The maximum Gasteiger partial charge on any atom is 0.320 e. The normalized spacial score (nSPS) is 15.7. The molecule has 0 bridgehead atoms. The van der Waals surface area contributed by atoms with E-state index in [2.05, 4.69) is 34.9 Å². The Morgan fingerprint density at radius 1 is 1.38 bits per heavy atom. The van der Waals surface area contributed by atoms with Crippen molar-refractivity contribution in [3.8, 4) is 0 Å². The molecule has 1 rings (SSSR count). The highest BCUT2D eigenvalue weighted by molar-refractivity contribution is 8.03. The van der Waals surface area contributed by atoms with Crippen LogP contribution in [0.5, 0.6) is 0 Å². The summed E-state index contributed by atoms with van der Waals surface area (Å²) in [7, 11) is 0. The van der Waals surface area contributed by atoms with Crippen LogP contribution in [-0.2, 0) is 0 Å². The Morgan fingerprint density at radius 2 is 2.19 bits per heavy atom. The maximum absolute atomic E-state index is 12.1. The van der Waals surface area contributed by atoms with E-state index in [4.69, 9.17) is 0 Å². The smallest absolute Gasteiger partial charge is 0.320 e. The zero-order valence-electron chi connectivity index (χ0n) is 15.7. The summed E-state index contributed by atoms with van der Waals surface area (Å²) in [4.78, 5) is 17.9. The number of carbonyl (C=O) groups is 1. The van der Waals surface area contributed by atoms with Crippen molar-refractivity contribution >= 4 is 23.6 Å². The van der Waals surface area contributed by atoms with Crippen molar-refractivity contribution in [3.63, 3.8) is 0 Å². The van der Waals surface area contributed by atoms with Gasteiger partial charge in [-0.25, -0.2) is 9.79 Å². The van der Waals surface area contributed by atoms with Crippen LogP contribution in [0.3, 0.4) is 0 Å². The molecule has 1 unspecified atom stereocenters. The van der Waals surface area contributed by atoms with Crippen molar-refractivity contribution < 1.29 is 4.79 Å². The summed E-state index contributed by atoms with van der Waals surface area (Å²) in [5.74, 6) is 1.30. The van der Waals surface area contributed by atoms with E-state index in [9.17, 15) is 4.79 Å². The number of carbonyl (C=O) groups excluding carboxylic acids is 1. The molecular formula is C21H27N3OS. The van der Waals surface area contributed by atoms with Crippen LogP contribution in [0.15, 0.2) is 82.6 Å². The van der Waals surface area contributed by atoms with Crippen molar-refractivity contribution in [2.45, 2.75) is 33.2 Å². The minimum absolute atomic E-state index is 0.139. The van der Waals surface area contributed by atoms with Crippen LogP contribution in [0.4, 0.5) is 4.79 Å². The SMILES string of the molecule is C=C/C=C\C1=C(CC)SCC(NC(=O)NC(C)C=C=C/C=C\C=C\C)=N1. The highest BCUT2D eigenvalue weighted by Crippen LogP contribution is 2.28. The predicted molar refractivity (Wildman–Crippen MR) is 114 cm³/mol. The van der Waals surface area contributed by atoms with Crippen molar-refractivity contribution in [1.82, 2.24) is 10.6 Å². The van der Waals surface area contributed by atoms with Crippen molar-refractivity contribution in [2.75, 3.05) is 5.75 Å². The molecule has 0 aromatic carbocycles. The summed E-state index contributed by atoms with van der Waals surface area (Å²) in [5.41, 5.74) is 3.90. The summed E-state index contributed by atoms with van der Waals surface area (Å²) in [6.07, 6.45) is 17.7. The van der Waals surface area contributed by atoms with Gasteiger partial charge in [0.05, 0.1) is 17.5 Å². The first-order valence-electron chi connectivity index (χ1n) is 8.61. The fraction of sp³-hybridized carbons (Fsp3) is 0.286. The minimum atomic E-state index is -0.272. The topological polar surface area (TPSA) is 53.5 Å². The van der Waals surface area contributed by atoms with Gasteiger partial charge in [-0.1, -0.05) is 50.0 Å². The first-order chi connectivity index (χ1) is 12.6. The lowest BCUT2D eigenvalue weighted by atomic mass is 10.3. The third kappa shape index (κ3) is 8.56. The molecule has 0 aromatic heterocycles. The second-order valence-corrected chi connectivity index (χ2v) is 6.47. The van der Waals surface area contributed by atoms with Gasteiger partial charge in [-0.15, -0.1) is 17.5 Å². The highest BCUT2D eigenvalue weighted by Gasteiger charge is 2.15. The highest BCUT2D eigenvalue weighted by atomic mass is 32.2. The molecule has 0 fully saturated rings.